The quantitative estimate of drug-likeness (QED) is 0.571. The Hall–Kier alpha value is -0.850. The molecule has 0 spiro atoms. The van der Waals surface area contributed by atoms with Crippen molar-refractivity contribution in [2.75, 3.05) is 13.2 Å². The van der Waals surface area contributed by atoms with E-state index in [0.717, 1.165) is 0 Å². The minimum absolute atomic E-state index is 0.0576. The van der Waals surface area contributed by atoms with Crippen LogP contribution in [-0.2, 0) is 14.2 Å². The lowest BCUT2D eigenvalue weighted by atomic mass is 10.2. The molecule has 2 fully saturated rings. The maximum Gasteiger partial charge on any atom is 0.509 e. The van der Waals surface area contributed by atoms with E-state index in [1.807, 2.05) is 0 Å². The Morgan fingerprint density at radius 3 is 2.93 bits per heavy atom. The summed E-state index contributed by atoms with van der Waals surface area (Å²) in [6, 6.07) is -0.241. The van der Waals surface area contributed by atoms with E-state index in [4.69, 9.17) is 25.1 Å². The van der Waals surface area contributed by atoms with E-state index in [2.05, 4.69) is 0 Å². The molecular weight excluding hydrogens is 190 g/mol. The first-order chi connectivity index (χ1) is 6.72. The second kappa shape index (κ2) is 3.72. The smallest absolute Gasteiger partial charge is 0.425 e. The van der Waals surface area contributed by atoms with Crippen molar-refractivity contribution in [3.8, 4) is 0 Å². The number of aliphatic hydroxyl groups excluding tert-OH is 1. The van der Waals surface area contributed by atoms with E-state index in [-0.39, 0.29) is 25.4 Å². The molecule has 14 heavy (non-hydrogen) atoms. The largest absolute Gasteiger partial charge is 0.509 e. The van der Waals surface area contributed by atoms with Gasteiger partial charge in [0.2, 0.25) is 0 Å². The minimum Gasteiger partial charge on any atom is -0.425 e. The van der Waals surface area contributed by atoms with E-state index < -0.39 is 18.4 Å². The van der Waals surface area contributed by atoms with Gasteiger partial charge in [-0.25, -0.2) is 4.79 Å². The molecule has 6 nitrogen and oxygen atoms in total. The van der Waals surface area contributed by atoms with Crippen LogP contribution in [0.25, 0.3) is 0 Å². The molecule has 3 N–H and O–H groups in total. The molecule has 4 unspecified atom stereocenters. The van der Waals surface area contributed by atoms with Crippen LogP contribution in [-0.4, -0.2) is 48.8 Å². The molecule has 4 atom stereocenters. The fourth-order valence-electron chi connectivity index (χ4n) is 1.91. The Bertz CT molecular complexity index is 234. The third-order valence-electron chi connectivity index (χ3n) is 2.50. The summed E-state index contributed by atoms with van der Waals surface area (Å²) in [5, 5.41) is 8.59. The van der Waals surface area contributed by atoms with Crippen LogP contribution in [0, 0.1) is 0 Å². The molecule has 0 bridgehead atoms. The maximum absolute atomic E-state index is 10.8. The van der Waals surface area contributed by atoms with Crippen molar-refractivity contribution in [3.63, 3.8) is 0 Å². The first-order valence-corrected chi connectivity index (χ1v) is 4.57. The van der Waals surface area contributed by atoms with Gasteiger partial charge in [0.05, 0.1) is 13.2 Å². The number of ether oxygens (including phenoxy) is 3. The van der Waals surface area contributed by atoms with Gasteiger partial charge < -0.3 is 25.1 Å². The molecule has 1 saturated heterocycles. The van der Waals surface area contributed by atoms with Gasteiger partial charge in [-0.15, -0.1) is 0 Å². The first kappa shape index (κ1) is 9.70. The molecule has 1 aliphatic heterocycles. The molecule has 2 aliphatic rings. The Labute approximate surface area is 80.9 Å². The molecule has 0 radical (unpaired) electrons. The van der Waals surface area contributed by atoms with Crippen molar-refractivity contribution in [2.24, 2.45) is 5.73 Å². The molecule has 2 rings (SSSR count). The molecule has 0 aromatic rings. The summed E-state index contributed by atoms with van der Waals surface area (Å²) in [7, 11) is 0. The molecule has 1 aliphatic carbocycles. The third kappa shape index (κ3) is 1.56. The Kier molecular flexibility index (Phi) is 2.58. The molecule has 0 aromatic carbocycles. The summed E-state index contributed by atoms with van der Waals surface area (Å²) in [5.41, 5.74) is 5.74. The molecule has 1 saturated carbocycles. The maximum atomic E-state index is 10.8. The van der Waals surface area contributed by atoms with E-state index in [1.165, 1.54) is 0 Å². The van der Waals surface area contributed by atoms with E-state index in [0.29, 0.717) is 6.42 Å². The van der Waals surface area contributed by atoms with Gasteiger partial charge in [-0.3, -0.25) is 0 Å². The monoisotopic (exact) mass is 203 g/mol. The van der Waals surface area contributed by atoms with Gasteiger partial charge in [0.25, 0.3) is 0 Å². The van der Waals surface area contributed by atoms with Crippen molar-refractivity contribution < 1.29 is 24.1 Å². The summed E-state index contributed by atoms with van der Waals surface area (Å²) in [6.07, 6.45) is -1.17. The lowest BCUT2D eigenvalue weighted by Gasteiger charge is -2.14. The molecule has 6 heteroatoms. The number of carbonyl (C=O) groups excluding carboxylic acids is 1. The molecular formula is C8H13NO5. The lowest BCUT2D eigenvalue weighted by Crippen LogP contribution is -2.34. The van der Waals surface area contributed by atoms with Gasteiger partial charge in [0, 0.05) is 6.04 Å². The SMILES string of the molecule is NC1CC(OCCO)C2OC(=O)OC12. The number of hydrogen-bond acceptors (Lipinski definition) is 6. The van der Waals surface area contributed by atoms with Gasteiger partial charge >= 0.3 is 6.16 Å². The third-order valence-corrected chi connectivity index (χ3v) is 2.50. The lowest BCUT2D eigenvalue weighted by molar-refractivity contribution is -0.0273. The molecule has 1 heterocycles. The topological polar surface area (TPSA) is 91.0 Å². The number of carbonyl (C=O) groups is 1. The zero-order chi connectivity index (χ0) is 10.1. The number of nitrogens with two attached hydrogens (primary N) is 1. The molecule has 80 valence electrons. The van der Waals surface area contributed by atoms with Crippen molar-refractivity contribution in [2.45, 2.75) is 30.8 Å². The number of fused-ring (bicyclic) bond motifs is 1. The second-order valence-electron chi connectivity index (χ2n) is 3.45. The summed E-state index contributed by atoms with van der Waals surface area (Å²) >= 11 is 0. The van der Waals surface area contributed by atoms with Gasteiger partial charge in [0.15, 0.2) is 12.2 Å². The van der Waals surface area contributed by atoms with Crippen LogP contribution in [0.4, 0.5) is 4.79 Å². The van der Waals surface area contributed by atoms with Gasteiger partial charge in [-0.1, -0.05) is 0 Å². The van der Waals surface area contributed by atoms with Gasteiger partial charge in [-0.05, 0) is 6.42 Å². The summed E-state index contributed by atoms with van der Waals surface area (Å²) < 4.78 is 15.1. The van der Waals surface area contributed by atoms with Crippen LogP contribution in [0.5, 0.6) is 0 Å². The van der Waals surface area contributed by atoms with E-state index in [1.54, 1.807) is 0 Å². The second-order valence-corrected chi connectivity index (χ2v) is 3.45. The zero-order valence-electron chi connectivity index (χ0n) is 7.59. The number of rotatable bonds is 3. The summed E-state index contributed by atoms with van der Waals surface area (Å²) in [6.45, 7) is 0.163. The van der Waals surface area contributed by atoms with Crippen molar-refractivity contribution >= 4 is 6.16 Å². The highest BCUT2D eigenvalue weighted by Gasteiger charge is 2.52. The Morgan fingerprint density at radius 2 is 2.21 bits per heavy atom. The summed E-state index contributed by atoms with van der Waals surface area (Å²) in [5.74, 6) is 0. The fraction of sp³-hybridized carbons (Fsp3) is 0.875. The highest BCUT2D eigenvalue weighted by atomic mass is 16.8. The Balaban J connectivity index is 1.97. The van der Waals surface area contributed by atoms with Crippen LogP contribution in [0.1, 0.15) is 6.42 Å². The predicted octanol–water partition coefficient (Wildman–Crippen LogP) is -1.00. The van der Waals surface area contributed by atoms with E-state index in [9.17, 15) is 4.79 Å². The molecule has 0 aromatic heterocycles. The molecule has 0 amide bonds. The normalized spacial score (nSPS) is 40.6. The van der Waals surface area contributed by atoms with Crippen molar-refractivity contribution in [3.05, 3.63) is 0 Å². The van der Waals surface area contributed by atoms with Crippen LogP contribution in [0.15, 0.2) is 0 Å². The first-order valence-electron chi connectivity index (χ1n) is 4.57. The fourth-order valence-corrected chi connectivity index (χ4v) is 1.91. The zero-order valence-corrected chi connectivity index (χ0v) is 7.59. The standard InChI is InChI=1S/C8H13NO5/c9-4-3-5(12-2-1-10)7-6(4)13-8(11)14-7/h4-7,10H,1-3,9H2. The predicted molar refractivity (Wildman–Crippen MR) is 44.6 cm³/mol. The summed E-state index contributed by atoms with van der Waals surface area (Å²) in [4.78, 5) is 10.8. The van der Waals surface area contributed by atoms with Crippen molar-refractivity contribution in [1.29, 1.82) is 0 Å². The highest BCUT2D eigenvalue weighted by Crippen LogP contribution is 2.32. The number of aliphatic hydroxyl groups is 1. The Morgan fingerprint density at radius 1 is 1.50 bits per heavy atom. The minimum atomic E-state index is -0.687. The number of hydrogen-bond donors (Lipinski definition) is 2. The highest BCUT2D eigenvalue weighted by molar-refractivity contribution is 5.63. The van der Waals surface area contributed by atoms with Crippen LogP contribution in [0.2, 0.25) is 0 Å². The van der Waals surface area contributed by atoms with Crippen LogP contribution in [0.3, 0.4) is 0 Å². The van der Waals surface area contributed by atoms with Crippen LogP contribution >= 0.6 is 0 Å². The average molecular weight is 203 g/mol. The van der Waals surface area contributed by atoms with E-state index >= 15 is 0 Å². The van der Waals surface area contributed by atoms with Crippen LogP contribution < -0.4 is 5.73 Å². The van der Waals surface area contributed by atoms with Gasteiger partial charge in [-0.2, -0.15) is 0 Å². The average Bonchev–Trinajstić information content (AvgIpc) is 2.64. The van der Waals surface area contributed by atoms with Gasteiger partial charge in [0.1, 0.15) is 6.10 Å². The van der Waals surface area contributed by atoms with Crippen molar-refractivity contribution in [1.82, 2.24) is 0 Å².